The van der Waals surface area contributed by atoms with E-state index in [0.717, 1.165) is 35.4 Å². The lowest BCUT2D eigenvalue weighted by molar-refractivity contribution is -0.207. The van der Waals surface area contributed by atoms with Crippen LogP contribution in [0.25, 0.3) is 0 Å². The van der Waals surface area contributed by atoms with E-state index in [0.29, 0.717) is 12.7 Å². The summed E-state index contributed by atoms with van der Waals surface area (Å²) in [5, 5.41) is 21.2. The third kappa shape index (κ3) is 4.25. The molecular weight excluding hydrogens is 406 g/mol. The van der Waals surface area contributed by atoms with Gasteiger partial charge < -0.3 is 9.84 Å². The van der Waals surface area contributed by atoms with Gasteiger partial charge in [-0.3, -0.25) is 4.98 Å². The van der Waals surface area contributed by atoms with Gasteiger partial charge in [0.1, 0.15) is 29.4 Å². The molecule has 2 heterocycles. The molecule has 0 saturated heterocycles. The average Bonchev–Trinajstić information content (AvgIpc) is 3.19. The molecule has 3 rings (SSSR count). The number of pyridine rings is 1. The standard InChI is InChI=1S/C19H19F4N5O2/c1-12(2)9-30-14-4-6-17(24-8-14)19(22,23)18(29,10-28-11-25-26-27-28)15-5-3-13(20)7-16(15)21/h3-8,11-12,29H,9-10H2,1-2H3/t18-/m1/s1. The summed E-state index contributed by atoms with van der Waals surface area (Å²) < 4.78 is 65.0. The SMILES string of the molecule is CC(C)COc1ccc(C(F)(F)[C@@](O)(Cn2cnnn2)c2ccc(F)cc2F)nc1. The van der Waals surface area contributed by atoms with Crippen LogP contribution in [0.3, 0.4) is 0 Å². The van der Waals surface area contributed by atoms with Gasteiger partial charge >= 0.3 is 5.92 Å². The summed E-state index contributed by atoms with van der Waals surface area (Å²) in [6.45, 7) is 3.29. The first-order valence-electron chi connectivity index (χ1n) is 8.99. The van der Waals surface area contributed by atoms with Gasteiger partial charge in [-0.1, -0.05) is 13.8 Å². The molecule has 1 N–H and O–H groups in total. The normalized spacial score (nSPS) is 14.0. The minimum atomic E-state index is -4.10. The summed E-state index contributed by atoms with van der Waals surface area (Å²) in [7, 11) is 0. The minimum Gasteiger partial charge on any atom is -0.492 e. The number of ether oxygens (including phenoxy) is 1. The Morgan fingerprint density at radius 1 is 1.17 bits per heavy atom. The smallest absolute Gasteiger partial charge is 0.323 e. The van der Waals surface area contributed by atoms with Crippen LogP contribution in [0.5, 0.6) is 5.75 Å². The molecule has 0 amide bonds. The van der Waals surface area contributed by atoms with E-state index in [1.807, 2.05) is 13.8 Å². The van der Waals surface area contributed by atoms with Gasteiger partial charge in [0, 0.05) is 11.6 Å². The zero-order valence-corrected chi connectivity index (χ0v) is 16.1. The summed E-state index contributed by atoms with van der Waals surface area (Å²) in [4.78, 5) is 3.70. The highest BCUT2D eigenvalue weighted by Gasteiger charge is 2.58. The topological polar surface area (TPSA) is 86.0 Å². The van der Waals surface area contributed by atoms with Crippen molar-refractivity contribution in [2.24, 2.45) is 5.92 Å². The maximum Gasteiger partial charge on any atom is 0.323 e. The molecular formula is C19H19F4N5O2. The highest BCUT2D eigenvalue weighted by Crippen LogP contribution is 2.46. The van der Waals surface area contributed by atoms with Gasteiger partial charge in [0.2, 0.25) is 0 Å². The van der Waals surface area contributed by atoms with Gasteiger partial charge in [-0.05, 0) is 40.6 Å². The zero-order valence-electron chi connectivity index (χ0n) is 16.1. The number of aliphatic hydroxyl groups is 1. The Morgan fingerprint density at radius 3 is 2.50 bits per heavy atom. The Morgan fingerprint density at radius 2 is 1.93 bits per heavy atom. The first kappa shape index (κ1) is 21.6. The Hall–Kier alpha value is -3.08. The van der Waals surface area contributed by atoms with Crippen molar-refractivity contribution in [1.29, 1.82) is 0 Å². The number of halogens is 4. The fourth-order valence-electron chi connectivity index (χ4n) is 2.79. The number of tetrazole rings is 1. The van der Waals surface area contributed by atoms with Crippen molar-refractivity contribution in [3.8, 4) is 5.75 Å². The van der Waals surface area contributed by atoms with Gasteiger partial charge in [-0.15, -0.1) is 5.10 Å². The molecule has 0 aliphatic rings. The zero-order chi connectivity index (χ0) is 21.9. The fourth-order valence-corrected chi connectivity index (χ4v) is 2.79. The summed E-state index contributed by atoms with van der Waals surface area (Å²) in [5.74, 6) is -5.95. The summed E-state index contributed by atoms with van der Waals surface area (Å²) in [6.07, 6.45) is 2.07. The summed E-state index contributed by atoms with van der Waals surface area (Å²) >= 11 is 0. The first-order valence-corrected chi connectivity index (χ1v) is 8.99. The Balaban J connectivity index is 2.03. The highest BCUT2D eigenvalue weighted by molar-refractivity contribution is 5.32. The van der Waals surface area contributed by atoms with Crippen LogP contribution in [0.2, 0.25) is 0 Å². The monoisotopic (exact) mass is 425 g/mol. The fraction of sp³-hybridized carbons (Fsp3) is 0.368. The van der Waals surface area contributed by atoms with Crippen molar-refractivity contribution in [2.45, 2.75) is 31.9 Å². The molecule has 0 bridgehead atoms. The van der Waals surface area contributed by atoms with Crippen molar-refractivity contribution in [2.75, 3.05) is 6.61 Å². The van der Waals surface area contributed by atoms with Crippen LogP contribution >= 0.6 is 0 Å². The molecule has 7 nitrogen and oxygen atoms in total. The number of benzene rings is 1. The minimum absolute atomic E-state index is 0.217. The lowest BCUT2D eigenvalue weighted by atomic mass is 9.84. The second-order valence-corrected chi connectivity index (χ2v) is 7.15. The molecule has 0 radical (unpaired) electrons. The molecule has 0 fully saturated rings. The molecule has 160 valence electrons. The van der Waals surface area contributed by atoms with E-state index >= 15 is 8.78 Å². The second-order valence-electron chi connectivity index (χ2n) is 7.15. The average molecular weight is 425 g/mol. The second kappa shape index (κ2) is 8.34. The Bertz CT molecular complexity index is 983. The molecule has 1 aromatic carbocycles. The molecule has 2 aromatic heterocycles. The number of nitrogens with zero attached hydrogens (tertiary/aromatic N) is 5. The van der Waals surface area contributed by atoms with Crippen molar-refractivity contribution in [3.05, 3.63) is 65.7 Å². The lowest BCUT2D eigenvalue weighted by Crippen LogP contribution is -2.48. The van der Waals surface area contributed by atoms with Gasteiger partial charge in [0.25, 0.3) is 0 Å². The molecule has 0 aliphatic carbocycles. The van der Waals surface area contributed by atoms with Crippen LogP contribution in [0.15, 0.2) is 42.9 Å². The van der Waals surface area contributed by atoms with Crippen molar-refractivity contribution in [1.82, 2.24) is 25.2 Å². The quantitative estimate of drug-likeness (QED) is 0.559. The van der Waals surface area contributed by atoms with Crippen molar-refractivity contribution in [3.63, 3.8) is 0 Å². The van der Waals surface area contributed by atoms with E-state index < -0.39 is 41.0 Å². The number of hydrogen-bond donors (Lipinski definition) is 1. The van der Waals surface area contributed by atoms with Crippen LogP contribution < -0.4 is 4.74 Å². The first-order chi connectivity index (χ1) is 14.1. The summed E-state index contributed by atoms with van der Waals surface area (Å²) in [5.41, 5.74) is -4.84. The molecule has 30 heavy (non-hydrogen) atoms. The van der Waals surface area contributed by atoms with Crippen LogP contribution in [-0.4, -0.2) is 36.9 Å². The van der Waals surface area contributed by atoms with E-state index in [1.54, 1.807) is 0 Å². The molecule has 3 aromatic rings. The summed E-state index contributed by atoms with van der Waals surface area (Å²) in [6, 6.07) is 4.18. The number of aromatic nitrogens is 5. The van der Waals surface area contributed by atoms with E-state index in [2.05, 4.69) is 20.5 Å². The molecule has 0 unspecified atom stereocenters. The van der Waals surface area contributed by atoms with Gasteiger partial charge in [0.05, 0.1) is 19.3 Å². The number of alkyl halides is 2. The van der Waals surface area contributed by atoms with Crippen LogP contribution in [0, 0.1) is 17.6 Å². The Kier molecular flexibility index (Phi) is 6.01. The third-order valence-corrected chi connectivity index (χ3v) is 4.32. The molecule has 11 heteroatoms. The largest absolute Gasteiger partial charge is 0.492 e. The molecule has 0 aliphatic heterocycles. The van der Waals surface area contributed by atoms with Gasteiger partial charge in [-0.25, -0.2) is 13.5 Å². The third-order valence-electron chi connectivity index (χ3n) is 4.32. The number of rotatable bonds is 8. The van der Waals surface area contributed by atoms with E-state index in [9.17, 15) is 13.9 Å². The predicted molar refractivity (Wildman–Crippen MR) is 96.5 cm³/mol. The molecule has 0 spiro atoms. The van der Waals surface area contributed by atoms with E-state index in [4.69, 9.17) is 4.74 Å². The van der Waals surface area contributed by atoms with Gasteiger partial charge in [0.15, 0.2) is 5.60 Å². The maximum atomic E-state index is 15.5. The Labute approximate surface area is 169 Å². The maximum absolute atomic E-state index is 15.5. The molecule has 0 saturated carbocycles. The van der Waals surface area contributed by atoms with Crippen LogP contribution in [0.4, 0.5) is 17.6 Å². The van der Waals surface area contributed by atoms with Crippen molar-refractivity contribution < 1.29 is 27.4 Å². The highest BCUT2D eigenvalue weighted by atomic mass is 19.3. The van der Waals surface area contributed by atoms with Crippen LogP contribution in [0.1, 0.15) is 25.1 Å². The van der Waals surface area contributed by atoms with Crippen LogP contribution in [-0.2, 0) is 18.1 Å². The van der Waals surface area contributed by atoms with E-state index in [1.165, 1.54) is 6.07 Å². The van der Waals surface area contributed by atoms with Gasteiger partial charge in [-0.2, -0.15) is 8.78 Å². The molecule has 1 atom stereocenters. The van der Waals surface area contributed by atoms with E-state index in [-0.39, 0.29) is 11.7 Å². The lowest BCUT2D eigenvalue weighted by Gasteiger charge is -2.35. The number of hydrogen-bond acceptors (Lipinski definition) is 6. The van der Waals surface area contributed by atoms with Crippen molar-refractivity contribution >= 4 is 0 Å². The predicted octanol–water partition coefficient (Wildman–Crippen LogP) is 3.06.